The number of hydrogen-bond donors (Lipinski definition) is 4. The largest absolute Gasteiger partial charge is 0.481 e. The van der Waals surface area contributed by atoms with Crippen LogP contribution >= 0.6 is 0 Å². The summed E-state index contributed by atoms with van der Waals surface area (Å²) in [4.78, 5) is 11.1. The molecule has 0 spiro atoms. The van der Waals surface area contributed by atoms with Gasteiger partial charge in [-0.15, -0.1) is 0 Å². The van der Waals surface area contributed by atoms with Gasteiger partial charge in [0.15, 0.2) is 0 Å². The van der Waals surface area contributed by atoms with Gasteiger partial charge < -0.3 is 20.4 Å². The molecule has 0 heterocycles. The number of unbranched alkanes of at least 4 members (excludes halogenated alkanes) is 16. The van der Waals surface area contributed by atoms with Crippen molar-refractivity contribution in [3.8, 4) is 0 Å². The average Bonchev–Trinajstić information content (AvgIpc) is 2.88. The summed E-state index contributed by atoms with van der Waals surface area (Å²) in [7, 11) is 0. The van der Waals surface area contributed by atoms with Crippen molar-refractivity contribution in [2.24, 2.45) is 11.3 Å². The first kappa shape index (κ1) is 37.5. The van der Waals surface area contributed by atoms with E-state index in [-0.39, 0.29) is 19.8 Å². The van der Waals surface area contributed by atoms with Gasteiger partial charge in [0.1, 0.15) is 0 Å². The highest BCUT2D eigenvalue weighted by atomic mass is 16.4. The van der Waals surface area contributed by atoms with Gasteiger partial charge in [-0.2, -0.15) is 0 Å². The molecule has 0 fully saturated rings. The van der Waals surface area contributed by atoms with E-state index in [0.29, 0.717) is 18.8 Å². The van der Waals surface area contributed by atoms with Crippen LogP contribution in [0.5, 0.6) is 0 Å². The Morgan fingerprint density at radius 2 is 0.861 bits per heavy atom. The van der Waals surface area contributed by atoms with Crippen molar-refractivity contribution in [2.45, 2.75) is 162 Å². The molecule has 0 saturated heterocycles. The van der Waals surface area contributed by atoms with Crippen molar-refractivity contribution < 1.29 is 25.2 Å². The highest BCUT2D eigenvalue weighted by Crippen LogP contribution is 2.22. The van der Waals surface area contributed by atoms with Crippen LogP contribution in [0.25, 0.3) is 0 Å². The fourth-order valence-corrected chi connectivity index (χ4v) is 4.57. The molecule has 0 aliphatic rings. The van der Waals surface area contributed by atoms with E-state index in [0.717, 1.165) is 12.8 Å². The molecule has 0 saturated carbocycles. The second-order valence-corrected chi connectivity index (χ2v) is 11.0. The van der Waals surface area contributed by atoms with E-state index >= 15 is 0 Å². The molecule has 218 valence electrons. The minimum Gasteiger partial charge on any atom is -0.481 e. The second kappa shape index (κ2) is 28.9. The Hall–Kier alpha value is -0.650. The fourth-order valence-electron chi connectivity index (χ4n) is 4.57. The number of hydrogen-bond acceptors (Lipinski definition) is 4. The Labute approximate surface area is 224 Å². The van der Waals surface area contributed by atoms with Crippen LogP contribution in [0.2, 0.25) is 0 Å². The van der Waals surface area contributed by atoms with Crippen molar-refractivity contribution in [1.82, 2.24) is 0 Å². The first-order valence-corrected chi connectivity index (χ1v) is 15.5. The van der Waals surface area contributed by atoms with Crippen LogP contribution < -0.4 is 0 Å². The van der Waals surface area contributed by atoms with Crippen LogP contribution in [-0.4, -0.2) is 46.2 Å². The molecule has 0 aliphatic heterocycles. The zero-order valence-electron chi connectivity index (χ0n) is 24.5. The Bertz CT molecular complexity index is 419. The molecule has 0 aliphatic carbocycles. The van der Waals surface area contributed by atoms with E-state index in [9.17, 15) is 4.79 Å². The molecule has 0 aromatic heterocycles. The van der Waals surface area contributed by atoms with Gasteiger partial charge in [-0.1, -0.05) is 136 Å². The van der Waals surface area contributed by atoms with E-state index in [2.05, 4.69) is 13.8 Å². The van der Waals surface area contributed by atoms with E-state index in [1.54, 1.807) is 0 Å². The van der Waals surface area contributed by atoms with Gasteiger partial charge in [-0.05, 0) is 25.2 Å². The average molecular weight is 517 g/mol. The molecule has 0 aromatic rings. The normalized spacial score (nSPS) is 12.3. The van der Waals surface area contributed by atoms with E-state index in [4.69, 9.17) is 20.4 Å². The number of aliphatic carboxylic acids is 1. The first-order chi connectivity index (χ1) is 17.4. The number of carboxylic acids is 1. The van der Waals surface area contributed by atoms with Gasteiger partial charge in [0.2, 0.25) is 0 Å². The van der Waals surface area contributed by atoms with Gasteiger partial charge in [0.25, 0.3) is 0 Å². The van der Waals surface area contributed by atoms with Gasteiger partial charge >= 0.3 is 5.97 Å². The minimum atomic E-state index is -0.667. The molecule has 5 heteroatoms. The molecule has 1 atom stereocenters. The zero-order valence-corrected chi connectivity index (χ0v) is 24.5. The van der Waals surface area contributed by atoms with Gasteiger partial charge in [-0.25, -0.2) is 0 Å². The Morgan fingerprint density at radius 1 is 0.556 bits per heavy atom. The SMILES string of the molecule is CCC(CO)(CO)CO.CCCCCCCCCCCCC(CCCCCCCCCC)CC(=O)O. The maximum absolute atomic E-state index is 11.1. The minimum absolute atomic E-state index is 0.156. The molecule has 1 unspecified atom stereocenters. The second-order valence-electron chi connectivity index (χ2n) is 11.0. The van der Waals surface area contributed by atoms with Gasteiger partial charge in [0.05, 0.1) is 19.8 Å². The third-order valence-electron chi connectivity index (χ3n) is 7.65. The van der Waals surface area contributed by atoms with Crippen LogP contribution in [0.3, 0.4) is 0 Å². The van der Waals surface area contributed by atoms with Crippen LogP contribution in [0.15, 0.2) is 0 Å². The highest BCUT2D eigenvalue weighted by molar-refractivity contribution is 5.66. The lowest BCUT2D eigenvalue weighted by molar-refractivity contribution is -0.138. The highest BCUT2D eigenvalue weighted by Gasteiger charge is 2.24. The summed E-state index contributed by atoms with van der Waals surface area (Å²) in [5.74, 6) is -0.191. The summed E-state index contributed by atoms with van der Waals surface area (Å²) in [5, 5.41) is 35.1. The Kier molecular flexibility index (Phi) is 30.1. The molecule has 0 radical (unpaired) electrons. The summed E-state index contributed by atoms with van der Waals surface area (Å²) in [6.45, 7) is 5.88. The third kappa shape index (κ3) is 25.0. The predicted molar refractivity (Wildman–Crippen MR) is 153 cm³/mol. The van der Waals surface area contributed by atoms with Crippen molar-refractivity contribution in [1.29, 1.82) is 0 Å². The maximum Gasteiger partial charge on any atom is 0.303 e. The smallest absolute Gasteiger partial charge is 0.303 e. The monoisotopic (exact) mass is 516 g/mol. The van der Waals surface area contributed by atoms with Crippen molar-refractivity contribution in [2.75, 3.05) is 19.8 Å². The lowest BCUT2D eigenvalue weighted by Crippen LogP contribution is -2.32. The summed E-state index contributed by atoms with van der Waals surface area (Å²) >= 11 is 0. The quantitative estimate of drug-likeness (QED) is 0.0867. The number of carbonyl (C=O) groups is 1. The number of aliphatic hydroxyl groups excluding tert-OH is 3. The topological polar surface area (TPSA) is 98.0 Å². The third-order valence-corrected chi connectivity index (χ3v) is 7.65. The van der Waals surface area contributed by atoms with Crippen LogP contribution in [0.1, 0.15) is 162 Å². The van der Waals surface area contributed by atoms with Gasteiger partial charge in [0, 0.05) is 11.8 Å². The molecule has 0 amide bonds. The van der Waals surface area contributed by atoms with Crippen molar-refractivity contribution >= 4 is 5.97 Å². The van der Waals surface area contributed by atoms with E-state index in [1.807, 2.05) is 6.92 Å². The number of aliphatic hydroxyl groups is 3. The summed E-state index contributed by atoms with van der Waals surface area (Å²) in [6, 6.07) is 0. The molecule has 4 N–H and O–H groups in total. The van der Waals surface area contributed by atoms with Crippen LogP contribution in [0, 0.1) is 11.3 Å². The molecule has 36 heavy (non-hydrogen) atoms. The lowest BCUT2D eigenvalue weighted by atomic mass is 9.88. The Morgan fingerprint density at radius 3 is 1.08 bits per heavy atom. The molecular weight excluding hydrogens is 452 g/mol. The summed E-state index contributed by atoms with van der Waals surface area (Å²) < 4.78 is 0. The van der Waals surface area contributed by atoms with E-state index in [1.165, 1.54) is 116 Å². The number of carboxylic acid groups (broad SMARTS) is 1. The number of rotatable bonds is 26. The lowest BCUT2D eigenvalue weighted by Gasteiger charge is -2.24. The fraction of sp³-hybridized carbons (Fsp3) is 0.968. The molecular formula is C31H64O5. The van der Waals surface area contributed by atoms with Crippen molar-refractivity contribution in [3.63, 3.8) is 0 Å². The zero-order chi connectivity index (χ0) is 27.3. The maximum atomic E-state index is 11.1. The molecule has 0 rings (SSSR count). The van der Waals surface area contributed by atoms with E-state index < -0.39 is 11.4 Å². The summed E-state index contributed by atoms with van der Waals surface area (Å²) in [6.07, 6.45) is 27.5. The van der Waals surface area contributed by atoms with Crippen LogP contribution in [-0.2, 0) is 4.79 Å². The standard InChI is InChI=1S/C25H50O2.C6H14O3/c1-3-5-7-9-11-13-14-16-18-20-22-24(23-25(26)27)21-19-17-15-12-10-8-6-4-2;1-2-6(3-7,4-8)5-9/h24H,3-23H2,1-2H3,(H,26,27);7-9H,2-5H2,1H3. The van der Waals surface area contributed by atoms with Crippen molar-refractivity contribution in [3.05, 3.63) is 0 Å². The molecule has 0 aromatic carbocycles. The predicted octanol–water partition coefficient (Wildman–Crippen LogP) is 8.28. The van der Waals surface area contributed by atoms with Crippen LogP contribution in [0.4, 0.5) is 0 Å². The Balaban J connectivity index is 0. The molecule has 5 nitrogen and oxygen atoms in total. The first-order valence-electron chi connectivity index (χ1n) is 15.5. The molecule has 0 bridgehead atoms. The summed E-state index contributed by atoms with van der Waals surface area (Å²) in [5.41, 5.74) is -0.667. The van der Waals surface area contributed by atoms with Gasteiger partial charge in [-0.3, -0.25) is 4.79 Å².